The Labute approximate surface area is 182 Å². The maximum Gasteiger partial charge on any atom is 0.340 e. The lowest BCUT2D eigenvalue weighted by atomic mass is 10.1. The second kappa shape index (κ2) is 8.79. The number of hydrogen-bond acceptors (Lipinski definition) is 9. The number of rotatable bonds is 8. The Morgan fingerprint density at radius 3 is 2.59 bits per heavy atom. The van der Waals surface area contributed by atoms with Gasteiger partial charge in [-0.2, -0.15) is 0 Å². The first-order valence-corrected chi connectivity index (χ1v) is 13.7. The van der Waals surface area contributed by atoms with Gasteiger partial charge in [-0.1, -0.05) is 12.8 Å². The summed E-state index contributed by atoms with van der Waals surface area (Å²) in [5.41, 5.74) is 0.913. The first kappa shape index (κ1) is 23.8. The standard InChI is InChI=1S/C16H27N5O9P2/c1-20(9-4-2-3-5-9)16-15-17-6-10(21(15)19-18-16)14-13(23)12(22)11(30-14)7-29-32(27,28)8-31(24,25)26/h6,9,11-14,19,22-23H,2-5,7-8H2,1H3,(H,27,28)(H2,24,25,26)/t11-,12-,13-,14+/m1/s1. The average Bonchev–Trinajstić information content (AvgIpc) is 3.45. The van der Waals surface area contributed by atoms with E-state index in [0.29, 0.717) is 23.2 Å². The lowest BCUT2D eigenvalue weighted by Crippen LogP contribution is -2.33. The summed E-state index contributed by atoms with van der Waals surface area (Å²) in [6, 6.07) is 0.362. The minimum absolute atomic E-state index is 0.362. The van der Waals surface area contributed by atoms with Crippen molar-refractivity contribution in [2.45, 2.75) is 56.1 Å². The molecule has 180 valence electrons. The molecule has 2 aromatic rings. The molecule has 14 nitrogen and oxygen atoms in total. The average molecular weight is 495 g/mol. The summed E-state index contributed by atoms with van der Waals surface area (Å²) < 4.78 is 34.7. The van der Waals surface area contributed by atoms with E-state index in [1.807, 2.05) is 7.05 Å². The Morgan fingerprint density at radius 1 is 1.25 bits per heavy atom. The maximum atomic E-state index is 11.8. The van der Waals surface area contributed by atoms with Gasteiger partial charge in [0.25, 0.3) is 0 Å². The molecule has 1 saturated carbocycles. The van der Waals surface area contributed by atoms with Gasteiger partial charge in [0.05, 0.1) is 18.5 Å². The minimum atomic E-state index is -4.79. The van der Waals surface area contributed by atoms with Crippen LogP contribution in [0.5, 0.6) is 0 Å². The van der Waals surface area contributed by atoms with Crippen LogP contribution in [0.4, 0.5) is 5.82 Å². The number of aliphatic hydroxyl groups is 2. The van der Waals surface area contributed by atoms with Crippen molar-refractivity contribution >= 4 is 26.7 Å². The third-order valence-electron chi connectivity index (χ3n) is 5.91. The van der Waals surface area contributed by atoms with Crippen LogP contribution < -0.4 is 4.90 Å². The van der Waals surface area contributed by atoms with E-state index < -0.39 is 52.1 Å². The second-order valence-electron chi connectivity index (χ2n) is 8.24. The predicted molar refractivity (Wildman–Crippen MR) is 110 cm³/mol. The summed E-state index contributed by atoms with van der Waals surface area (Å²) in [6.45, 7) is -0.650. The summed E-state index contributed by atoms with van der Waals surface area (Å²) in [7, 11) is -7.46. The van der Waals surface area contributed by atoms with Crippen molar-refractivity contribution in [2.75, 3.05) is 24.5 Å². The molecule has 0 bridgehead atoms. The molecule has 0 spiro atoms. The number of nitrogens with zero attached hydrogens (tertiary/aromatic N) is 4. The maximum absolute atomic E-state index is 11.8. The fourth-order valence-electron chi connectivity index (χ4n) is 4.27. The molecule has 3 heterocycles. The van der Waals surface area contributed by atoms with E-state index in [2.05, 4.69) is 20.2 Å². The molecule has 2 fully saturated rings. The van der Waals surface area contributed by atoms with Gasteiger partial charge >= 0.3 is 15.2 Å². The van der Waals surface area contributed by atoms with Crippen LogP contribution in [0.15, 0.2) is 6.20 Å². The number of H-pyrrole nitrogens is 1. The van der Waals surface area contributed by atoms with Crippen LogP contribution in [0.25, 0.3) is 5.65 Å². The largest absolute Gasteiger partial charge is 0.387 e. The third-order valence-corrected chi connectivity index (χ3v) is 9.36. The van der Waals surface area contributed by atoms with Crippen LogP contribution in [-0.4, -0.2) is 88.6 Å². The highest BCUT2D eigenvalue weighted by atomic mass is 31.2. The zero-order chi connectivity index (χ0) is 23.3. The van der Waals surface area contributed by atoms with Gasteiger partial charge < -0.3 is 39.1 Å². The monoisotopic (exact) mass is 495 g/mol. The van der Waals surface area contributed by atoms with Crippen molar-refractivity contribution < 1.29 is 43.3 Å². The molecule has 5 atom stereocenters. The number of aromatic nitrogens is 4. The Hall–Kier alpha value is -1.34. The SMILES string of the molecule is CN(c1n[nH]n2c([C@@H]3O[C@H](COP(=O)(O)CP(=O)(O)O)[C@@H](O)[C@H]3O)cnc12)C1CCCC1. The number of nitrogens with one attached hydrogen (secondary N) is 1. The van der Waals surface area contributed by atoms with Gasteiger partial charge in [-0.05, 0) is 12.8 Å². The number of anilines is 1. The number of hydrogen-bond donors (Lipinski definition) is 6. The van der Waals surface area contributed by atoms with E-state index in [-0.39, 0.29) is 0 Å². The zero-order valence-electron chi connectivity index (χ0n) is 17.3. The molecule has 1 unspecified atom stereocenters. The smallest absolute Gasteiger partial charge is 0.340 e. The van der Waals surface area contributed by atoms with E-state index in [4.69, 9.17) is 19.0 Å². The second-order valence-corrected chi connectivity index (χ2v) is 12.2. The number of aliphatic hydroxyl groups excluding tert-OH is 2. The Morgan fingerprint density at radius 2 is 1.94 bits per heavy atom. The molecule has 6 N–H and O–H groups in total. The molecule has 16 heteroatoms. The molecule has 0 amide bonds. The van der Waals surface area contributed by atoms with Crippen LogP contribution in [0.2, 0.25) is 0 Å². The highest BCUT2D eigenvalue weighted by Crippen LogP contribution is 2.55. The molecule has 1 saturated heterocycles. The minimum Gasteiger partial charge on any atom is -0.387 e. The van der Waals surface area contributed by atoms with E-state index in [1.165, 1.54) is 10.7 Å². The van der Waals surface area contributed by atoms with Crippen molar-refractivity contribution in [3.63, 3.8) is 0 Å². The number of imidazole rings is 1. The lowest BCUT2D eigenvalue weighted by Gasteiger charge is -2.23. The Bertz CT molecular complexity index is 1050. The van der Waals surface area contributed by atoms with Crippen molar-refractivity contribution in [1.29, 1.82) is 0 Å². The lowest BCUT2D eigenvalue weighted by molar-refractivity contribution is -0.0204. The van der Waals surface area contributed by atoms with Gasteiger partial charge in [0.1, 0.15) is 24.4 Å². The first-order chi connectivity index (χ1) is 15.0. The molecule has 1 aliphatic carbocycles. The summed E-state index contributed by atoms with van der Waals surface area (Å²) >= 11 is 0. The van der Waals surface area contributed by atoms with Gasteiger partial charge in [0, 0.05) is 13.1 Å². The van der Waals surface area contributed by atoms with Crippen molar-refractivity contribution in [3.05, 3.63) is 11.9 Å². The Kier molecular flexibility index (Phi) is 6.54. The van der Waals surface area contributed by atoms with Crippen molar-refractivity contribution in [3.8, 4) is 0 Å². The number of fused-ring (bicyclic) bond motifs is 1. The summed E-state index contributed by atoms with van der Waals surface area (Å²) in [5.74, 6) is -0.710. The quantitative estimate of drug-likeness (QED) is 0.267. The molecule has 0 radical (unpaired) electrons. The molecular weight excluding hydrogens is 468 g/mol. The van der Waals surface area contributed by atoms with Crippen LogP contribution >= 0.6 is 15.2 Å². The molecule has 2 aliphatic rings. The van der Waals surface area contributed by atoms with Crippen molar-refractivity contribution in [2.24, 2.45) is 0 Å². The number of aromatic amines is 1. The van der Waals surface area contributed by atoms with Crippen LogP contribution in [0, 0.1) is 0 Å². The fraction of sp³-hybridized carbons (Fsp3) is 0.750. The molecule has 1 aliphatic heterocycles. The summed E-state index contributed by atoms with van der Waals surface area (Å²) in [5, 5.41) is 28.0. The van der Waals surface area contributed by atoms with Crippen LogP contribution in [0.3, 0.4) is 0 Å². The van der Waals surface area contributed by atoms with Gasteiger partial charge in [-0.3, -0.25) is 9.13 Å². The normalized spacial score (nSPS) is 29.1. The van der Waals surface area contributed by atoms with E-state index in [0.717, 1.165) is 25.7 Å². The summed E-state index contributed by atoms with van der Waals surface area (Å²) in [6.07, 6.45) is 0.818. The van der Waals surface area contributed by atoms with Gasteiger partial charge in [0.2, 0.25) is 0 Å². The van der Waals surface area contributed by atoms with Gasteiger partial charge in [-0.15, -0.1) is 5.10 Å². The molecule has 4 rings (SSSR count). The summed E-state index contributed by atoms with van der Waals surface area (Å²) in [4.78, 5) is 33.8. The van der Waals surface area contributed by atoms with Crippen LogP contribution in [-0.2, 0) is 18.4 Å². The first-order valence-electron chi connectivity index (χ1n) is 10.1. The highest BCUT2D eigenvalue weighted by Gasteiger charge is 2.46. The molecular formula is C16H27N5O9P2. The van der Waals surface area contributed by atoms with E-state index in [9.17, 15) is 24.2 Å². The van der Waals surface area contributed by atoms with Gasteiger partial charge in [0.15, 0.2) is 17.4 Å². The van der Waals surface area contributed by atoms with E-state index in [1.54, 1.807) is 0 Å². The predicted octanol–water partition coefficient (Wildman–Crippen LogP) is -0.0649. The Balaban J connectivity index is 1.48. The van der Waals surface area contributed by atoms with Crippen LogP contribution in [0.1, 0.15) is 37.5 Å². The van der Waals surface area contributed by atoms with E-state index >= 15 is 0 Å². The number of ether oxygens (including phenoxy) is 1. The van der Waals surface area contributed by atoms with Crippen molar-refractivity contribution in [1.82, 2.24) is 19.8 Å². The highest BCUT2D eigenvalue weighted by molar-refractivity contribution is 7.70. The third kappa shape index (κ3) is 4.79. The molecule has 0 aromatic carbocycles. The molecule has 32 heavy (non-hydrogen) atoms. The topological polar surface area (TPSA) is 203 Å². The van der Waals surface area contributed by atoms with Gasteiger partial charge in [-0.25, -0.2) is 14.7 Å². The molecule has 2 aromatic heterocycles. The zero-order valence-corrected chi connectivity index (χ0v) is 19.0. The fourth-order valence-corrected chi connectivity index (χ4v) is 6.84.